The second-order valence-electron chi connectivity index (χ2n) is 5.49. The molecule has 0 saturated heterocycles. The van der Waals surface area contributed by atoms with E-state index in [9.17, 15) is 20.1 Å². The van der Waals surface area contributed by atoms with Gasteiger partial charge in [-0.25, -0.2) is 4.79 Å². The maximum Gasteiger partial charge on any atom is 0.339 e. The van der Waals surface area contributed by atoms with Crippen LogP contribution >= 0.6 is 11.3 Å². The van der Waals surface area contributed by atoms with Crippen molar-refractivity contribution in [2.24, 2.45) is 0 Å². The first kappa shape index (κ1) is 15.3. The van der Waals surface area contributed by atoms with Gasteiger partial charge in [0, 0.05) is 27.5 Å². The largest absolute Gasteiger partial charge is 0.508 e. The molecule has 4 rings (SSSR count). The Morgan fingerprint density at radius 2 is 1.76 bits per heavy atom. The Balaban J connectivity index is 2.20. The summed E-state index contributed by atoms with van der Waals surface area (Å²) < 4.78 is 5.30. The molecule has 2 aromatic carbocycles. The highest BCUT2D eigenvalue weighted by atomic mass is 32.1. The molecular weight excluding hydrogens is 340 g/mol. The molecule has 4 aromatic rings. The molecule has 6 heteroatoms. The summed E-state index contributed by atoms with van der Waals surface area (Å²) in [5.74, 6) is -0.229. The fraction of sp³-hybridized carbons (Fsp3) is 0. The summed E-state index contributed by atoms with van der Waals surface area (Å²) in [6.45, 7) is 0. The first-order valence-electron chi connectivity index (χ1n) is 7.40. The van der Waals surface area contributed by atoms with Crippen LogP contribution in [0.5, 0.6) is 17.2 Å². The summed E-state index contributed by atoms with van der Waals surface area (Å²) in [6.07, 6.45) is 0. The molecule has 0 spiro atoms. The zero-order chi connectivity index (χ0) is 17.6. The van der Waals surface area contributed by atoms with Gasteiger partial charge in [0.15, 0.2) is 0 Å². The number of fused-ring (bicyclic) bond motifs is 1. The van der Waals surface area contributed by atoms with Gasteiger partial charge in [-0.2, -0.15) is 0 Å². The lowest BCUT2D eigenvalue weighted by molar-refractivity contribution is 0.453. The summed E-state index contributed by atoms with van der Waals surface area (Å²) in [5.41, 5.74) is 0.465. The first-order chi connectivity index (χ1) is 12.0. The van der Waals surface area contributed by atoms with Crippen molar-refractivity contribution in [2.75, 3.05) is 0 Å². The number of hydrogen-bond acceptors (Lipinski definition) is 6. The van der Waals surface area contributed by atoms with E-state index in [1.807, 2.05) is 17.5 Å². The third kappa shape index (κ3) is 2.53. The highest BCUT2D eigenvalue weighted by Crippen LogP contribution is 2.46. The molecular formula is C19H12O5S. The monoisotopic (exact) mass is 352 g/mol. The molecule has 0 bridgehead atoms. The van der Waals surface area contributed by atoms with E-state index >= 15 is 0 Å². The minimum atomic E-state index is -0.687. The average Bonchev–Trinajstić information content (AvgIpc) is 3.07. The topological polar surface area (TPSA) is 90.9 Å². The second kappa shape index (κ2) is 5.68. The number of rotatable bonds is 2. The van der Waals surface area contributed by atoms with Crippen LogP contribution in [0.25, 0.3) is 32.5 Å². The maximum atomic E-state index is 11.7. The Morgan fingerprint density at radius 1 is 0.920 bits per heavy atom. The van der Waals surface area contributed by atoms with Gasteiger partial charge in [0.2, 0.25) is 0 Å². The fourth-order valence-electron chi connectivity index (χ4n) is 2.92. The Labute approximate surface area is 145 Å². The Hall–Kier alpha value is -3.25. The van der Waals surface area contributed by atoms with Gasteiger partial charge in [-0.15, -0.1) is 11.3 Å². The van der Waals surface area contributed by atoms with E-state index in [1.165, 1.54) is 29.5 Å². The molecule has 0 radical (unpaired) electrons. The molecule has 0 aliphatic carbocycles. The van der Waals surface area contributed by atoms with Crippen LogP contribution in [0.1, 0.15) is 0 Å². The SMILES string of the molecule is O=c1cc(O)cc(-c2c(-c3cccs3)cc(O)c3c(O)cccc23)o1. The third-order valence-corrected chi connectivity index (χ3v) is 4.81. The number of phenols is 2. The Bertz CT molecular complexity index is 1140. The summed E-state index contributed by atoms with van der Waals surface area (Å²) in [5, 5.41) is 33.0. The Kier molecular flexibility index (Phi) is 3.47. The van der Waals surface area contributed by atoms with Crippen molar-refractivity contribution in [1.82, 2.24) is 0 Å². The van der Waals surface area contributed by atoms with Gasteiger partial charge in [-0.3, -0.25) is 0 Å². The molecule has 124 valence electrons. The zero-order valence-corrected chi connectivity index (χ0v) is 13.6. The quantitative estimate of drug-likeness (QED) is 0.500. The summed E-state index contributed by atoms with van der Waals surface area (Å²) in [7, 11) is 0. The lowest BCUT2D eigenvalue weighted by Crippen LogP contribution is -1.97. The van der Waals surface area contributed by atoms with E-state index in [-0.39, 0.29) is 28.4 Å². The number of aromatic hydroxyl groups is 3. The Morgan fingerprint density at radius 3 is 2.48 bits per heavy atom. The standard InChI is InChI=1S/C19H12O5S/c20-10-7-15(24-17(23)8-10)18-11-3-1-4-13(21)19(11)14(22)9-12(18)16-5-2-6-25-16/h1-9,20-22H. The molecule has 5 nitrogen and oxygen atoms in total. The van der Waals surface area contributed by atoms with Crippen molar-refractivity contribution in [3.05, 3.63) is 64.3 Å². The van der Waals surface area contributed by atoms with Gasteiger partial charge in [-0.1, -0.05) is 18.2 Å². The summed E-state index contributed by atoms with van der Waals surface area (Å²) in [4.78, 5) is 12.6. The van der Waals surface area contributed by atoms with E-state index in [0.29, 0.717) is 16.5 Å². The first-order valence-corrected chi connectivity index (χ1v) is 8.28. The predicted octanol–water partition coefficient (Wildman–Crippen LogP) is 4.31. The van der Waals surface area contributed by atoms with Gasteiger partial charge in [0.25, 0.3) is 0 Å². The number of benzene rings is 2. The van der Waals surface area contributed by atoms with Gasteiger partial charge >= 0.3 is 5.63 Å². The van der Waals surface area contributed by atoms with Gasteiger partial charge in [-0.05, 0) is 23.6 Å². The van der Waals surface area contributed by atoms with Crippen molar-refractivity contribution in [3.8, 4) is 39.0 Å². The van der Waals surface area contributed by atoms with Gasteiger partial charge in [0.05, 0.1) is 11.5 Å². The molecule has 0 unspecified atom stereocenters. The molecule has 0 saturated carbocycles. The van der Waals surface area contributed by atoms with Crippen LogP contribution < -0.4 is 5.63 Å². The maximum absolute atomic E-state index is 11.7. The average molecular weight is 352 g/mol. The molecule has 0 amide bonds. The van der Waals surface area contributed by atoms with Crippen LogP contribution in [-0.4, -0.2) is 15.3 Å². The van der Waals surface area contributed by atoms with Crippen LogP contribution in [-0.2, 0) is 0 Å². The molecule has 0 aliphatic rings. The fourth-order valence-corrected chi connectivity index (χ4v) is 3.67. The number of thiophene rings is 1. The molecule has 0 atom stereocenters. The zero-order valence-electron chi connectivity index (χ0n) is 12.8. The van der Waals surface area contributed by atoms with Crippen LogP contribution in [0.15, 0.2) is 63.1 Å². The molecule has 0 aliphatic heterocycles. The second-order valence-corrected chi connectivity index (χ2v) is 6.44. The lowest BCUT2D eigenvalue weighted by atomic mass is 9.94. The van der Waals surface area contributed by atoms with E-state index in [4.69, 9.17) is 4.42 Å². The minimum Gasteiger partial charge on any atom is -0.508 e. The van der Waals surface area contributed by atoms with E-state index in [2.05, 4.69) is 0 Å². The smallest absolute Gasteiger partial charge is 0.339 e. The van der Waals surface area contributed by atoms with E-state index in [0.717, 1.165) is 10.9 Å². The van der Waals surface area contributed by atoms with Crippen LogP contribution in [0, 0.1) is 0 Å². The van der Waals surface area contributed by atoms with Crippen molar-refractivity contribution in [1.29, 1.82) is 0 Å². The molecule has 2 heterocycles. The van der Waals surface area contributed by atoms with Crippen molar-refractivity contribution >= 4 is 22.1 Å². The molecule has 25 heavy (non-hydrogen) atoms. The van der Waals surface area contributed by atoms with Crippen molar-refractivity contribution in [3.63, 3.8) is 0 Å². The van der Waals surface area contributed by atoms with Crippen LogP contribution in [0.2, 0.25) is 0 Å². The van der Waals surface area contributed by atoms with Gasteiger partial charge in [0.1, 0.15) is 23.0 Å². The van der Waals surface area contributed by atoms with Crippen LogP contribution in [0.3, 0.4) is 0 Å². The predicted molar refractivity (Wildman–Crippen MR) is 96.2 cm³/mol. The normalized spacial score (nSPS) is 11.0. The minimum absolute atomic E-state index is 0.0808. The van der Waals surface area contributed by atoms with E-state index < -0.39 is 5.63 Å². The lowest BCUT2D eigenvalue weighted by Gasteiger charge is -2.14. The molecule has 3 N–H and O–H groups in total. The van der Waals surface area contributed by atoms with Gasteiger partial charge < -0.3 is 19.7 Å². The van der Waals surface area contributed by atoms with E-state index in [1.54, 1.807) is 12.1 Å². The number of hydrogen-bond donors (Lipinski definition) is 3. The van der Waals surface area contributed by atoms with Crippen LogP contribution in [0.4, 0.5) is 0 Å². The third-order valence-electron chi connectivity index (χ3n) is 3.91. The highest BCUT2D eigenvalue weighted by molar-refractivity contribution is 7.13. The summed E-state index contributed by atoms with van der Waals surface area (Å²) in [6, 6.07) is 12.4. The van der Waals surface area contributed by atoms with Crippen molar-refractivity contribution < 1.29 is 19.7 Å². The number of phenolic OH excluding ortho intramolecular Hbond substituents is 2. The highest BCUT2D eigenvalue weighted by Gasteiger charge is 2.20. The molecule has 0 fully saturated rings. The van der Waals surface area contributed by atoms with Crippen molar-refractivity contribution in [2.45, 2.75) is 0 Å². The summed E-state index contributed by atoms with van der Waals surface area (Å²) >= 11 is 1.46. The molecule has 2 aromatic heterocycles.